The summed E-state index contributed by atoms with van der Waals surface area (Å²) >= 11 is 5.92. The van der Waals surface area contributed by atoms with Crippen molar-refractivity contribution in [2.75, 3.05) is 0 Å². The van der Waals surface area contributed by atoms with E-state index >= 15 is 0 Å². The number of fused-ring (bicyclic) bond motifs is 1. The van der Waals surface area contributed by atoms with E-state index in [0.717, 1.165) is 5.52 Å². The van der Waals surface area contributed by atoms with Gasteiger partial charge in [-0.05, 0) is 42.5 Å². The number of halogens is 1. The number of phenols is 1. The maximum atomic E-state index is 10.2. The Morgan fingerprint density at radius 1 is 0.958 bits per heavy atom. The molecule has 0 bridgehead atoms. The quantitative estimate of drug-likeness (QED) is 0.577. The van der Waals surface area contributed by atoms with E-state index in [1.807, 2.05) is 28.8 Å². The van der Waals surface area contributed by atoms with Crippen molar-refractivity contribution in [3.63, 3.8) is 0 Å². The minimum Gasteiger partial charge on any atom is -0.507 e. The van der Waals surface area contributed by atoms with Crippen LogP contribution >= 0.6 is 11.6 Å². The molecule has 6 heteroatoms. The van der Waals surface area contributed by atoms with Crippen LogP contribution in [0.3, 0.4) is 0 Å². The molecular formula is C18H12ClN3O2. The monoisotopic (exact) mass is 337 g/mol. The lowest BCUT2D eigenvalue weighted by Gasteiger charge is -2.04. The topological polar surface area (TPSA) is 70.7 Å². The summed E-state index contributed by atoms with van der Waals surface area (Å²) in [6, 6.07) is 14.0. The molecule has 3 heterocycles. The predicted octanol–water partition coefficient (Wildman–Crippen LogP) is 4.13. The van der Waals surface area contributed by atoms with Crippen LogP contribution in [0.4, 0.5) is 0 Å². The summed E-state index contributed by atoms with van der Waals surface area (Å²) in [4.78, 5) is 8.55. The minimum atomic E-state index is -0.0896. The fourth-order valence-corrected chi connectivity index (χ4v) is 2.87. The molecule has 0 atom stereocenters. The molecule has 0 aliphatic carbocycles. The smallest absolute Gasteiger partial charge is 0.220 e. The molecule has 0 amide bonds. The van der Waals surface area contributed by atoms with Crippen molar-refractivity contribution in [2.24, 2.45) is 0 Å². The summed E-state index contributed by atoms with van der Waals surface area (Å²) < 4.78 is 1.85. The molecule has 0 saturated heterocycles. The third kappa shape index (κ3) is 2.26. The molecule has 1 aromatic carbocycles. The highest BCUT2D eigenvalue weighted by atomic mass is 35.5. The van der Waals surface area contributed by atoms with Gasteiger partial charge in [-0.25, -0.2) is 9.97 Å². The third-order valence-electron chi connectivity index (χ3n) is 3.79. The normalized spacial score (nSPS) is 11.0. The van der Waals surface area contributed by atoms with Crippen LogP contribution in [0, 0.1) is 0 Å². The Kier molecular flexibility index (Phi) is 3.36. The van der Waals surface area contributed by atoms with Crippen LogP contribution in [0.2, 0.25) is 5.02 Å². The van der Waals surface area contributed by atoms with Crippen LogP contribution in [0.5, 0.6) is 11.6 Å². The Balaban J connectivity index is 2.03. The van der Waals surface area contributed by atoms with Crippen LogP contribution in [-0.2, 0) is 0 Å². The fraction of sp³-hybridized carbons (Fsp3) is 0. The SMILES string of the molecule is Oc1cc(Cl)ccc1-c1nc(-c2cccnc2O)c2ccccn12. The first-order valence-electron chi connectivity index (χ1n) is 7.25. The molecule has 4 aromatic rings. The Labute approximate surface area is 142 Å². The second kappa shape index (κ2) is 5.54. The number of nitrogens with zero attached hydrogens (tertiary/aromatic N) is 3. The van der Waals surface area contributed by atoms with Gasteiger partial charge in [0.1, 0.15) is 17.3 Å². The molecule has 2 N–H and O–H groups in total. The van der Waals surface area contributed by atoms with Crippen LogP contribution in [0.1, 0.15) is 0 Å². The van der Waals surface area contributed by atoms with Gasteiger partial charge in [-0.15, -0.1) is 0 Å². The van der Waals surface area contributed by atoms with Crippen LogP contribution in [0.25, 0.3) is 28.2 Å². The Hall–Kier alpha value is -3.05. The summed E-state index contributed by atoms with van der Waals surface area (Å²) in [6.45, 7) is 0. The van der Waals surface area contributed by atoms with E-state index in [1.165, 1.54) is 12.3 Å². The number of imidazole rings is 1. The number of aromatic hydroxyl groups is 2. The second-order valence-corrected chi connectivity index (χ2v) is 5.71. The molecule has 3 aromatic heterocycles. The predicted molar refractivity (Wildman–Crippen MR) is 92.2 cm³/mol. The maximum absolute atomic E-state index is 10.2. The van der Waals surface area contributed by atoms with E-state index in [9.17, 15) is 10.2 Å². The molecule has 24 heavy (non-hydrogen) atoms. The Bertz CT molecular complexity index is 1060. The first kappa shape index (κ1) is 14.5. The van der Waals surface area contributed by atoms with Crippen LogP contribution < -0.4 is 0 Å². The molecule has 118 valence electrons. The van der Waals surface area contributed by atoms with Gasteiger partial charge in [0.25, 0.3) is 0 Å². The molecular weight excluding hydrogens is 326 g/mol. The highest BCUT2D eigenvalue weighted by molar-refractivity contribution is 6.30. The van der Waals surface area contributed by atoms with Crippen molar-refractivity contribution in [1.82, 2.24) is 14.4 Å². The first-order valence-corrected chi connectivity index (χ1v) is 7.63. The zero-order chi connectivity index (χ0) is 16.7. The van der Waals surface area contributed by atoms with Gasteiger partial charge in [-0.3, -0.25) is 4.40 Å². The van der Waals surface area contributed by atoms with Gasteiger partial charge in [-0.1, -0.05) is 17.7 Å². The Morgan fingerprint density at radius 3 is 2.62 bits per heavy atom. The number of pyridine rings is 2. The number of phenolic OH excluding ortho intramolecular Hbond substituents is 1. The summed E-state index contributed by atoms with van der Waals surface area (Å²) in [5.41, 5.74) is 2.46. The average Bonchev–Trinajstić information content (AvgIpc) is 2.95. The molecule has 0 spiro atoms. The molecule has 4 rings (SSSR count). The molecule has 5 nitrogen and oxygen atoms in total. The van der Waals surface area contributed by atoms with Gasteiger partial charge in [0.05, 0.1) is 16.6 Å². The van der Waals surface area contributed by atoms with Crippen molar-refractivity contribution in [3.05, 3.63) is 65.9 Å². The standard InChI is InChI=1S/C18H12ClN3O2/c19-11-6-7-12(15(23)10-11)17-21-16(13-4-3-8-20-18(13)24)14-5-1-2-9-22(14)17/h1-10,23H,(H,20,24). The lowest BCUT2D eigenvalue weighted by Crippen LogP contribution is -1.88. The maximum Gasteiger partial charge on any atom is 0.220 e. The van der Waals surface area contributed by atoms with E-state index in [2.05, 4.69) is 9.97 Å². The first-order chi connectivity index (χ1) is 11.6. The lowest BCUT2D eigenvalue weighted by atomic mass is 10.2. The summed E-state index contributed by atoms with van der Waals surface area (Å²) in [5, 5.41) is 20.8. The lowest BCUT2D eigenvalue weighted by molar-refractivity contribution is 0.455. The highest BCUT2D eigenvalue weighted by Gasteiger charge is 2.18. The van der Waals surface area contributed by atoms with E-state index in [0.29, 0.717) is 27.7 Å². The van der Waals surface area contributed by atoms with Gasteiger partial charge < -0.3 is 10.2 Å². The molecule has 0 aliphatic rings. The van der Waals surface area contributed by atoms with Crippen molar-refractivity contribution >= 4 is 17.1 Å². The highest BCUT2D eigenvalue weighted by Crippen LogP contribution is 2.36. The fourth-order valence-electron chi connectivity index (χ4n) is 2.70. The van der Waals surface area contributed by atoms with Crippen molar-refractivity contribution in [3.8, 4) is 34.3 Å². The van der Waals surface area contributed by atoms with Gasteiger partial charge in [0, 0.05) is 17.4 Å². The molecule has 0 unspecified atom stereocenters. The summed E-state index contributed by atoms with van der Waals surface area (Å²) in [7, 11) is 0. The molecule has 0 aliphatic heterocycles. The summed E-state index contributed by atoms with van der Waals surface area (Å²) in [5.74, 6) is 0.506. The van der Waals surface area contributed by atoms with Crippen molar-refractivity contribution in [1.29, 1.82) is 0 Å². The van der Waals surface area contributed by atoms with Crippen molar-refractivity contribution < 1.29 is 10.2 Å². The number of hydrogen-bond donors (Lipinski definition) is 2. The van der Waals surface area contributed by atoms with Crippen LogP contribution in [0.15, 0.2) is 60.9 Å². The number of aromatic nitrogens is 3. The van der Waals surface area contributed by atoms with Gasteiger partial charge in [-0.2, -0.15) is 0 Å². The van der Waals surface area contributed by atoms with E-state index in [4.69, 9.17) is 11.6 Å². The third-order valence-corrected chi connectivity index (χ3v) is 4.03. The van der Waals surface area contributed by atoms with Gasteiger partial charge in [0.2, 0.25) is 5.88 Å². The second-order valence-electron chi connectivity index (χ2n) is 5.28. The van der Waals surface area contributed by atoms with E-state index in [-0.39, 0.29) is 11.6 Å². The number of hydrogen-bond acceptors (Lipinski definition) is 4. The number of benzene rings is 1. The minimum absolute atomic E-state index is 0.0419. The van der Waals surface area contributed by atoms with E-state index in [1.54, 1.807) is 24.3 Å². The Morgan fingerprint density at radius 2 is 1.83 bits per heavy atom. The molecule has 0 saturated carbocycles. The van der Waals surface area contributed by atoms with E-state index < -0.39 is 0 Å². The van der Waals surface area contributed by atoms with Crippen LogP contribution in [-0.4, -0.2) is 24.6 Å². The summed E-state index contributed by atoms with van der Waals surface area (Å²) in [6.07, 6.45) is 3.37. The van der Waals surface area contributed by atoms with Crippen molar-refractivity contribution in [2.45, 2.75) is 0 Å². The average molecular weight is 338 g/mol. The molecule has 0 radical (unpaired) electrons. The zero-order valence-corrected chi connectivity index (χ0v) is 13.1. The van der Waals surface area contributed by atoms with Gasteiger partial charge >= 0.3 is 0 Å². The number of rotatable bonds is 2. The zero-order valence-electron chi connectivity index (χ0n) is 12.4. The molecule has 0 fully saturated rings. The largest absolute Gasteiger partial charge is 0.507 e. The van der Waals surface area contributed by atoms with Gasteiger partial charge in [0.15, 0.2) is 0 Å².